The van der Waals surface area contributed by atoms with Gasteiger partial charge in [-0.15, -0.1) is 13.1 Å². The predicted octanol–water partition coefficient (Wildman–Crippen LogP) is 8.83. The molecule has 0 saturated heterocycles. The van der Waals surface area contributed by atoms with Gasteiger partial charge in [0.2, 0.25) is 0 Å². The van der Waals surface area contributed by atoms with E-state index in [1.807, 2.05) is 0 Å². The fourth-order valence-corrected chi connectivity index (χ4v) is 26.3. The van der Waals surface area contributed by atoms with Gasteiger partial charge in [0.25, 0.3) is 0 Å². The van der Waals surface area contributed by atoms with Crippen LogP contribution in [0.25, 0.3) is 13.9 Å². The van der Waals surface area contributed by atoms with Crippen molar-refractivity contribution in [2.75, 3.05) is 0 Å². The molecule has 0 bridgehead atoms. The molecule has 0 aromatic heterocycles. The molecule has 0 aliphatic carbocycles. The molecule has 0 aromatic rings. The van der Waals surface area contributed by atoms with Crippen LogP contribution in [0.4, 0.5) is 0 Å². The van der Waals surface area contributed by atoms with Crippen LogP contribution in [0, 0.1) is 37.7 Å². The third-order valence-electron chi connectivity index (χ3n) is 1.98. The second kappa shape index (κ2) is 13.7. The van der Waals surface area contributed by atoms with Crippen molar-refractivity contribution in [1.29, 1.82) is 0 Å². The minimum Gasteiger partial charge on any atom is -0.689 e. The van der Waals surface area contributed by atoms with E-state index in [-0.39, 0.29) is 31.1 Å². The Hall–Kier alpha value is 2.23. The molecule has 0 fully saturated rings. The van der Waals surface area contributed by atoms with E-state index in [4.69, 9.17) is 13.9 Å². The van der Waals surface area contributed by atoms with Gasteiger partial charge in [0, 0.05) is 0 Å². The molecule has 0 heterocycles. The zero-order valence-corrected chi connectivity index (χ0v) is 32.7. The summed E-state index contributed by atoms with van der Waals surface area (Å²) in [6, 6.07) is 0. The topological polar surface area (TPSA) is 42.3 Å². The van der Waals surface area contributed by atoms with Crippen molar-refractivity contribution in [2.24, 2.45) is 0 Å². The first-order chi connectivity index (χ1) is 11.1. The molecule has 0 atom stereocenters. The molecule has 0 N–H and O–H groups in total. The molecule has 3 nitrogen and oxygen atoms in total. The second-order valence-corrected chi connectivity index (χ2v) is 41.0. The average molecular weight is 718 g/mol. The van der Waals surface area contributed by atoms with E-state index in [0.29, 0.717) is 0 Å². The molecule has 0 saturated carbocycles. The second-order valence-electron chi connectivity index (χ2n) is 13.0. The zero-order chi connectivity index (χ0) is 23.1. The number of nitrogens with zero attached hydrogens (tertiary/aromatic N) is 3. The van der Waals surface area contributed by atoms with Gasteiger partial charge < -0.3 is 20.5 Å². The van der Waals surface area contributed by atoms with Crippen LogP contribution in [0.15, 0.2) is 0 Å². The van der Waals surface area contributed by atoms with Crippen molar-refractivity contribution in [3.8, 4) is 0 Å². The van der Waals surface area contributed by atoms with Crippen molar-refractivity contribution < 1.29 is 31.1 Å². The van der Waals surface area contributed by atoms with Crippen molar-refractivity contribution in [1.82, 2.24) is 0 Å². The molecule has 0 aromatic carbocycles. The van der Waals surface area contributed by atoms with Gasteiger partial charge >= 0.3 is 31.1 Å². The third kappa shape index (κ3) is 51.1. The summed E-state index contributed by atoms with van der Waals surface area (Å²) in [5.74, 6) is 0. The van der Waals surface area contributed by atoms with Crippen LogP contribution in [0.1, 0.15) is 0 Å². The van der Waals surface area contributed by atoms with Crippen molar-refractivity contribution >= 4 is 49.4 Å². The summed E-state index contributed by atoms with van der Waals surface area (Å²) in [6.07, 6.45) is 0. The van der Waals surface area contributed by atoms with Gasteiger partial charge in [-0.25, -0.2) is 8.24 Å². The van der Waals surface area contributed by atoms with Crippen molar-refractivity contribution in [2.45, 2.75) is 111 Å². The third-order valence-corrected chi connectivity index (χ3v) is 17.8. The molecular weight excluding hydrogens is 665 g/mol. The molecule has 0 rings (SSSR count). The summed E-state index contributed by atoms with van der Waals surface area (Å²) >= 11 is 0. The Balaban J connectivity index is -0.000000152. The Bertz CT molecular complexity index is 297. The van der Waals surface area contributed by atoms with Crippen LogP contribution >= 0.6 is 0 Å². The monoisotopic (exact) mass is 717 g/mol. The minimum atomic E-state index is -1.36. The van der Waals surface area contributed by atoms with E-state index in [2.05, 4.69) is 118 Å². The van der Waals surface area contributed by atoms with Crippen molar-refractivity contribution in [3.05, 3.63) is 20.5 Å². The minimum absolute atomic E-state index is 0. The summed E-state index contributed by atoms with van der Waals surface area (Å²) in [6.45, 7) is 42.8. The van der Waals surface area contributed by atoms with E-state index in [1.165, 1.54) is 0 Å². The molecular formula is C18H53N3Si6U. The Kier molecular flexibility index (Phi) is 18.4. The Morgan fingerprint density at radius 3 is 0.500 bits per heavy atom. The first-order valence-corrected chi connectivity index (χ1v) is 30.6. The molecule has 0 unspecified atom stereocenters. The molecule has 0 aliphatic rings. The number of rotatable bonds is 6. The normalized spacial score (nSPS) is 13.5. The Morgan fingerprint density at radius 2 is 0.500 bits per heavy atom. The number of hydrogen-bond donors (Lipinski definition) is 0. The fourth-order valence-electron chi connectivity index (χ4n) is 2.92. The summed E-state index contributed by atoms with van der Waals surface area (Å²) in [5, 5.41) is 0. The van der Waals surface area contributed by atoms with Crippen LogP contribution in [-0.2, 0) is 0 Å². The molecule has 0 aliphatic heterocycles. The van der Waals surface area contributed by atoms with Gasteiger partial charge in [0.15, 0.2) is 0 Å². The van der Waals surface area contributed by atoms with Crippen LogP contribution in [0.3, 0.4) is 0 Å². The van der Waals surface area contributed by atoms with Gasteiger partial charge in [-0.3, -0.25) is 0 Å². The van der Waals surface area contributed by atoms with E-state index in [1.54, 1.807) is 0 Å². The summed E-state index contributed by atoms with van der Waals surface area (Å²) in [4.78, 5) is 0. The van der Waals surface area contributed by atoms with E-state index in [0.717, 1.165) is 0 Å². The molecule has 10 heteroatoms. The first kappa shape index (κ1) is 37.5. The van der Waals surface area contributed by atoms with Gasteiger partial charge in [-0.05, 0) is 0 Å². The summed E-state index contributed by atoms with van der Waals surface area (Å²) in [5.41, 5.74) is 0. The Labute approximate surface area is 210 Å². The summed E-state index contributed by atoms with van der Waals surface area (Å²) < 4.78 is 14.3. The van der Waals surface area contributed by atoms with Crippen LogP contribution in [0.2, 0.25) is 111 Å². The SMILES string of the molecule is C[Si](C)(C)[N-][Si](C)(C)C.C[Si](C)(C)[N-][Si](C)(C)C.[CH2-][Si](C)(C)[N-][Si](C)(C)C.[U+4]. The smallest absolute Gasteiger partial charge is 0.689 e. The largest absolute Gasteiger partial charge is 4.00 e. The standard InChI is InChI=1S/2C6H18NSi2.C6H17NSi2.U/c3*1-8(2,3)7-9(4,5)6;/h2*1-6H3;1H2,2-6H3;/q2*-1;-2;+4. The quantitative estimate of drug-likeness (QED) is 0.195. The number of hydrogen-bond acceptors (Lipinski definition) is 0. The van der Waals surface area contributed by atoms with Crippen LogP contribution < -0.4 is 0 Å². The van der Waals surface area contributed by atoms with Gasteiger partial charge in [0.1, 0.15) is 0 Å². The predicted molar refractivity (Wildman–Crippen MR) is 150 cm³/mol. The maximum absolute atomic E-state index is 4.82. The maximum Gasteiger partial charge on any atom is 4.00 e. The van der Waals surface area contributed by atoms with Crippen LogP contribution in [0.5, 0.6) is 0 Å². The first-order valence-electron chi connectivity index (χ1n) is 10.2. The van der Waals surface area contributed by atoms with E-state index in [9.17, 15) is 0 Å². The fraction of sp³-hybridized carbons (Fsp3) is 0.944. The van der Waals surface area contributed by atoms with Gasteiger partial charge in [-0.1, -0.05) is 139 Å². The van der Waals surface area contributed by atoms with Crippen LogP contribution in [-0.4, -0.2) is 49.4 Å². The Morgan fingerprint density at radius 1 is 0.357 bits per heavy atom. The maximum atomic E-state index is 4.82. The molecule has 0 amide bonds. The zero-order valence-electron chi connectivity index (χ0n) is 22.5. The van der Waals surface area contributed by atoms with Crippen molar-refractivity contribution in [3.63, 3.8) is 0 Å². The van der Waals surface area contributed by atoms with Gasteiger partial charge in [-0.2, -0.15) is 0 Å². The van der Waals surface area contributed by atoms with E-state index >= 15 is 0 Å². The molecule has 0 radical (unpaired) electrons. The summed E-state index contributed by atoms with van der Waals surface area (Å²) in [7, 11) is -6.95. The molecule has 28 heavy (non-hydrogen) atoms. The molecule has 168 valence electrons. The van der Waals surface area contributed by atoms with Gasteiger partial charge in [0.05, 0.1) is 0 Å². The van der Waals surface area contributed by atoms with E-state index < -0.39 is 49.4 Å². The molecule has 0 spiro atoms. The average Bonchev–Trinajstić information content (AvgIpc) is 1.96.